The molecule has 1 atom stereocenters. The third kappa shape index (κ3) is 6.85. The highest BCUT2D eigenvalue weighted by atomic mass is 35.5. The van der Waals surface area contributed by atoms with E-state index in [4.69, 9.17) is 9.84 Å². The predicted octanol–water partition coefficient (Wildman–Crippen LogP) is -0.135. The third-order valence-electron chi connectivity index (χ3n) is 2.95. The van der Waals surface area contributed by atoms with Crippen LogP contribution in [0.4, 0.5) is 0 Å². The number of nitrogens with zero attached hydrogens (tertiary/aromatic N) is 2. The number of aliphatic carboxylic acids is 1. The van der Waals surface area contributed by atoms with Gasteiger partial charge in [0.05, 0.1) is 19.0 Å². The highest BCUT2D eigenvalue weighted by Crippen LogP contribution is 2.09. The van der Waals surface area contributed by atoms with Gasteiger partial charge in [0, 0.05) is 19.6 Å². The number of carboxylic acid groups (broad SMARTS) is 1. The van der Waals surface area contributed by atoms with Crippen molar-refractivity contribution in [3.8, 4) is 0 Å². The number of sulfonamides is 1. The van der Waals surface area contributed by atoms with Crippen molar-refractivity contribution >= 4 is 28.4 Å². The average Bonchev–Trinajstić information content (AvgIpc) is 2.27. The molecule has 0 radical (unpaired) electrons. The van der Waals surface area contributed by atoms with E-state index in [-0.39, 0.29) is 25.1 Å². The van der Waals surface area contributed by atoms with E-state index in [0.29, 0.717) is 13.2 Å². The Kier molecular flexibility index (Phi) is 8.60. The molecule has 1 aliphatic rings. The Balaban J connectivity index is 0.00000361. The van der Waals surface area contributed by atoms with Crippen molar-refractivity contribution in [2.45, 2.75) is 19.4 Å². The minimum Gasteiger partial charge on any atom is -0.480 e. The molecule has 0 aliphatic carbocycles. The number of carboxylic acids is 1. The number of halogens is 1. The molecule has 120 valence electrons. The van der Waals surface area contributed by atoms with Crippen LogP contribution in [0, 0.1) is 0 Å². The zero-order chi connectivity index (χ0) is 14.5. The van der Waals surface area contributed by atoms with E-state index in [1.54, 1.807) is 0 Å². The maximum atomic E-state index is 11.5. The molecule has 0 aromatic heterocycles. The monoisotopic (exact) mass is 330 g/mol. The highest BCUT2D eigenvalue weighted by molar-refractivity contribution is 7.88. The molecule has 0 bridgehead atoms. The van der Waals surface area contributed by atoms with Crippen LogP contribution >= 0.6 is 12.4 Å². The van der Waals surface area contributed by atoms with Gasteiger partial charge in [-0.25, -0.2) is 8.42 Å². The van der Waals surface area contributed by atoms with E-state index < -0.39 is 22.5 Å². The van der Waals surface area contributed by atoms with Crippen molar-refractivity contribution in [3.05, 3.63) is 0 Å². The van der Waals surface area contributed by atoms with Crippen LogP contribution in [0.1, 0.15) is 13.3 Å². The molecule has 9 heteroatoms. The Bertz CT molecular complexity index is 402. The van der Waals surface area contributed by atoms with E-state index in [9.17, 15) is 13.2 Å². The number of ether oxygens (including phenoxy) is 1. The molecule has 0 spiro atoms. The van der Waals surface area contributed by atoms with Gasteiger partial charge in [-0.3, -0.25) is 9.69 Å². The number of morpholine rings is 1. The zero-order valence-corrected chi connectivity index (χ0v) is 13.5. The first-order valence-electron chi connectivity index (χ1n) is 6.33. The minimum atomic E-state index is -3.54. The molecule has 7 nitrogen and oxygen atoms in total. The second kappa shape index (κ2) is 8.78. The molecule has 1 fully saturated rings. The summed E-state index contributed by atoms with van der Waals surface area (Å²) in [7, 11) is -3.54. The maximum absolute atomic E-state index is 11.5. The average molecular weight is 331 g/mol. The van der Waals surface area contributed by atoms with Gasteiger partial charge in [0.2, 0.25) is 10.0 Å². The van der Waals surface area contributed by atoms with Crippen LogP contribution in [-0.2, 0) is 19.6 Å². The van der Waals surface area contributed by atoms with Gasteiger partial charge < -0.3 is 9.84 Å². The van der Waals surface area contributed by atoms with Crippen LogP contribution in [0.15, 0.2) is 0 Å². The smallest absolute Gasteiger partial charge is 0.318 e. The number of hydrogen-bond acceptors (Lipinski definition) is 5. The summed E-state index contributed by atoms with van der Waals surface area (Å²) in [5, 5.41) is 8.76. The molecule has 1 saturated heterocycles. The Morgan fingerprint density at radius 3 is 2.65 bits per heavy atom. The molecule has 0 aromatic carbocycles. The second-order valence-corrected chi connectivity index (χ2v) is 6.73. The second-order valence-electron chi connectivity index (χ2n) is 4.74. The molecule has 1 heterocycles. The van der Waals surface area contributed by atoms with Crippen LogP contribution in [0.5, 0.6) is 0 Å². The molecule has 0 amide bonds. The molecule has 1 N–H and O–H groups in total. The zero-order valence-electron chi connectivity index (χ0n) is 11.8. The van der Waals surface area contributed by atoms with E-state index >= 15 is 0 Å². The van der Waals surface area contributed by atoms with Crippen LogP contribution in [0.25, 0.3) is 0 Å². The summed E-state index contributed by atoms with van der Waals surface area (Å²) in [6.45, 7) is 4.62. The van der Waals surface area contributed by atoms with Gasteiger partial charge in [-0.15, -0.1) is 12.4 Å². The molecular weight excluding hydrogens is 308 g/mol. The first-order valence-corrected chi connectivity index (χ1v) is 8.18. The lowest BCUT2D eigenvalue weighted by Crippen LogP contribution is -2.49. The van der Waals surface area contributed by atoms with Crippen LogP contribution in [0.3, 0.4) is 0 Å². The van der Waals surface area contributed by atoms with Crippen LogP contribution < -0.4 is 0 Å². The van der Waals surface area contributed by atoms with Gasteiger partial charge in [0.15, 0.2) is 0 Å². The fourth-order valence-corrected chi connectivity index (χ4v) is 2.89. The van der Waals surface area contributed by atoms with Gasteiger partial charge in [-0.05, 0) is 13.0 Å². The van der Waals surface area contributed by atoms with Gasteiger partial charge in [-0.2, -0.15) is 4.31 Å². The molecule has 0 saturated carbocycles. The number of rotatable bonds is 7. The molecular formula is C11H23ClN2O5S. The van der Waals surface area contributed by atoms with E-state index in [1.165, 1.54) is 0 Å². The Hall–Kier alpha value is -0.410. The summed E-state index contributed by atoms with van der Waals surface area (Å²) < 4.78 is 29.6. The molecule has 20 heavy (non-hydrogen) atoms. The van der Waals surface area contributed by atoms with Gasteiger partial charge in [0.25, 0.3) is 0 Å². The molecule has 1 rings (SSSR count). The summed E-state index contributed by atoms with van der Waals surface area (Å²) >= 11 is 0. The molecule has 0 aromatic rings. The summed E-state index contributed by atoms with van der Waals surface area (Å²) in [5.41, 5.74) is 0. The summed E-state index contributed by atoms with van der Waals surface area (Å²) in [6, 6.07) is 0. The Labute approximate surface area is 126 Å². The fourth-order valence-electron chi connectivity index (χ4n) is 2.11. The lowest BCUT2D eigenvalue weighted by Gasteiger charge is -2.34. The number of hydrogen-bond donors (Lipinski definition) is 1. The van der Waals surface area contributed by atoms with Crippen molar-refractivity contribution in [1.82, 2.24) is 9.21 Å². The van der Waals surface area contributed by atoms with Crippen LogP contribution in [0.2, 0.25) is 0 Å². The molecule has 1 aliphatic heterocycles. The summed E-state index contributed by atoms with van der Waals surface area (Å²) in [4.78, 5) is 12.9. The van der Waals surface area contributed by atoms with Gasteiger partial charge >= 0.3 is 5.97 Å². The standard InChI is InChI=1S/C11H22N2O5S.ClH/c1-3-4-12-5-6-18-10(7-12)8-13(9-11(14)15)19(2,16)17;/h10H,3-9H2,1-2H3,(H,14,15);1H. The maximum Gasteiger partial charge on any atom is 0.318 e. The normalized spacial score (nSPS) is 20.6. The largest absolute Gasteiger partial charge is 0.480 e. The van der Waals surface area contributed by atoms with Crippen molar-refractivity contribution in [3.63, 3.8) is 0 Å². The Morgan fingerprint density at radius 2 is 2.15 bits per heavy atom. The molecule has 1 unspecified atom stereocenters. The topological polar surface area (TPSA) is 87.2 Å². The van der Waals surface area contributed by atoms with Gasteiger partial charge in [-0.1, -0.05) is 6.92 Å². The van der Waals surface area contributed by atoms with E-state index in [1.807, 2.05) is 0 Å². The SMILES string of the molecule is CCCN1CCOC(CN(CC(=O)O)S(C)(=O)=O)C1.Cl. The lowest BCUT2D eigenvalue weighted by atomic mass is 10.2. The first kappa shape index (κ1) is 19.6. The van der Waals surface area contributed by atoms with Crippen molar-refractivity contribution in [2.24, 2.45) is 0 Å². The van der Waals surface area contributed by atoms with E-state index in [0.717, 1.165) is 30.1 Å². The van der Waals surface area contributed by atoms with Gasteiger partial charge in [0.1, 0.15) is 6.54 Å². The predicted molar refractivity (Wildman–Crippen MR) is 77.8 cm³/mol. The van der Waals surface area contributed by atoms with E-state index in [2.05, 4.69) is 11.8 Å². The first-order chi connectivity index (χ1) is 8.82. The lowest BCUT2D eigenvalue weighted by molar-refractivity contribution is -0.137. The summed E-state index contributed by atoms with van der Waals surface area (Å²) in [5.74, 6) is -1.16. The van der Waals surface area contributed by atoms with Crippen molar-refractivity contribution < 1.29 is 23.1 Å². The highest BCUT2D eigenvalue weighted by Gasteiger charge is 2.27. The third-order valence-corrected chi connectivity index (χ3v) is 4.17. The number of carbonyl (C=O) groups is 1. The van der Waals surface area contributed by atoms with Crippen molar-refractivity contribution in [1.29, 1.82) is 0 Å². The quantitative estimate of drug-likeness (QED) is 0.699. The van der Waals surface area contributed by atoms with Crippen LogP contribution in [-0.4, -0.2) is 80.4 Å². The van der Waals surface area contributed by atoms with Crippen molar-refractivity contribution in [2.75, 3.05) is 45.6 Å². The fraction of sp³-hybridized carbons (Fsp3) is 0.909. The Morgan fingerprint density at radius 1 is 1.50 bits per heavy atom. The minimum absolute atomic E-state index is 0. The summed E-state index contributed by atoms with van der Waals surface area (Å²) in [6.07, 6.45) is 1.77.